The van der Waals surface area contributed by atoms with E-state index >= 15 is 0 Å². The van der Waals surface area contributed by atoms with E-state index in [1.54, 1.807) is 30.3 Å². The number of rotatable bonds is 8. The van der Waals surface area contributed by atoms with Gasteiger partial charge in [0.2, 0.25) is 0 Å². The minimum atomic E-state index is -1.00. The van der Waals surface area contributed by atoms with Crippen molar-refractivity contribution in [2.24, 2.45) is 0 Å². The molecule has 0 amide bonds. The number of carbonyl (C=O) groups excluding carboxylic acids is 3. The van der Waals surface area contributed by atoms with Crippen molar-refractivity contribution < 1.29 is 38.5 Å². The van der Waals surface area contributed by atoms with E-state index in [0.717, 1.165) is 5.57 Å². The summed E-state index contributed by atoms with van der Waals surface area (Å²) in [5.74, 6) is -2.24. The highest BCUT2D eigenvalue weighted by molar-refractivity contribution is 7.81. The number of carbonyl (C=O) groups is 4. The van der Waals surface area contributed by atoms with Crippen LogP contribution in [0.5, 0.6) is 0 Å². The lowest BCUT2D eigenvalue weighted by Gasteiger charge is -2.37. The van der Waals surface area contributed by atoms with Crippen LogP contribution in [0.4, 0.5) is 0 Å². The van der Waals surface area contributed by atoms with Gasteiger partial charge in [-0.05, 0) is 68.0 Å². The quantitative estimate of drug-likeness (QED) is 0.114. The first-order valence-electron chi connectivity index (χ1n) is 15.9. The SMILES string of the molecule is COC(=O)C(c1ccccc1Cl)N1CC(=CC(=O)O)CC(S)C1.COC(=O)C(c1ccccc1Cl)N1CC(=CC(=O)OC(C)(C)C)CC(S)C1.Cl. The summed E-state index contributed by atoms with van der Waals surface area (Å²) in [7, 11) is 2.67. The molecule has 280 valence electrons. The van der Waals surface area contributed by atoms with Gasteiger partial charge in [-0.2, -0.15) is 25.3 Å². The summed E-state index contributed by atoms with van der Waals surface area (Å²) in [5, 5.41) is 9.83. The number of hydrogen-bond donors (Lipinski definition) is 3. The van der Waals surface area contributed by atoms with Crippen molar-refractivity contribution in [1.82, 2.24) is 9.80 Å². The number of likely N-dealkylation sites (tertiary alicyclic amines) is 2. The molecular formula is C36H45Cl3N2O8S2. The Balaban J connectivity index is 0.000000351. The second kappa shape index (κ2) is 20.5. The second-order valence-corrected chi connectivity index (χ2v) is 15.2. The van der Waals surface area contributed by atoms with Gasteiger partial charge in [0.15, 0.2) is 0 Å². The second-order valence-electron chi connectivity index (χ2n) is 12.9. The molecule has 10 nitrogen and oxygen atoms in total. The molecule has 0 aliphatic carbocycles. The van der Waals surface area contributed by atoms with Crippen molar-refractivity contribution in [3.8, 4) is 0 Å². The first-order valence-corrected chi connectivity index (χ1v) is 17.6. The predicted octanol–water partition coefficient (Wildman–Crippen LogP) is 6.82. The number of aliphatic carboxylic acids is 1. The van der Waals surface area contributed by atoms with Crippen LogP contribution in [0.2, 0.25) is 10.0 Å². The van der Waals surface area contributed by atoms with Crippen molar-refractivity contribution >= 4 is 84.7 Å². The summed E-state index contributed by atoms with van der Waals surface area (Å²) in [4.78, 5) is 51.7. The van der Waals surface area contributed by atoms with Gasteiger partial charge in [-0.1, -0.05) is 59.6 Å². The molecule has 0 radical (unpaired) electrons. The van der Waals surface area contributed by atoms with Crippen LogP contribution < -0.4 is 0 Å². The molecule has 0 aromatic heterocycles. The number of ether oxygens (including phenoxy) is 3. The zero-order valence-corrected chi connectivity index (χ0v) is 33.2. The van der Waals surface area contributed by atoms with Crippen LogP contribution >= 0.6 is 60.9 Å². The van der Waals surface area contributed by atoms with E-state index in [-0.39, 0.29) is 22.9 Å². The summed E-state index contributed by atoms with van der Waals surface area (Å²) >= 11 is 21.6. The van der Waals surface area contributed by atoms with Crippen LogP contribution in [0.1, 0.15) is 56.8 Å². The number of halogens is 3. The number of nitrogens with zero attached hydrogens (tertiary/aromatic N) is 2. The first-order chi connectivity index (χ1) is 23.5. The Hall–Kier alpha value is -2.71. The van der Waals surface area contributed by atoms with Gasteiger partial charge in [0.05, 0.1) is 14.2 Å². The summed E-state index contributed by atoms with van der Waals surface area (Å²) in [6, 6.07) is 12.9. The lowest BCUT2D eigenvalue weighted by molar-refractivity contribution is -0.149. The largest absolute Gasteiger partial charge is 0.478 e. The van der Waals surface area contributed by atoms with Crippen molar-refractivity contribution in [2.45, 2.75) is 61.8 Å². The predicted molar refractivity (Wildman–Crippen MR) is 207 cm³/mol. The third-order valence-corrected chi connectivity index (χ3v) is 9.11. The van der Waals surface area contributed by atoms with E-state index < -0.39 is 41.6 Å². The van der Waals surface area contributed by atoms with E-state index in [0.29, 0.717) is 65.8 Å². The topological polar surface area (TPSA) is 123 Å². The van der Waals surface area contributed by atoms with E-state index in [1.165, 1.54) is 26.4 Å². The Kier molecular flexibility index (Phi) is 17.9. The molecule has 2 aromatic rings. The number of carboxylic acids is 1. The molecule has 51 heavy (non-hydrogen) atoms. The number of hydrogen-bond acceptors (Lipinski definition) is 11. The number of thiol groups is 2. The molecule has 4 atom stereocenters. The number of benzene rings is 2. The fourth-order valence-corrected chi connectivity index (χ4v) is 7.26. The van der Waals surface area contributed by atoms with Crippen LogP contribution in [0.15, 0.2) is 71.8 Å². The molecule has 0 bridgehead atoms. The molecule has 2 aliphatic heterocycles. The smallest absolute Gasteiger partial charge is 0.331 e. The molecule has 2 saturated heterocycles. The Morgan fingerprint density at radius 3 is 1.53 bits per heavy atom. The lowest BCUT2D eigenvalue weighted by Crippen LogP contribution is -2.43. The van der Waals surface area contributed by atoms with Crippen LogP contribution in [0, 0.1) is 0 Å². The summed E-state index contributed by atoms with van der Waals surface area (Å²) in [6.07, 6.45) is 3.90. The molecule has 0 saturated carbocycles. The highest BCUT2D eigenvalue weighted by Crippen LogP contribution is 2.34. The number of esters is 3. The Morgan fingerprint density at radius 2 is 1.18 bits per heavy atom. The van der Waals surface area contributed by atoms with Gasteiger partial charge >= 0.3 is 23.9 Å². The maximum absolute atomic E-state index is 12.5. The number of methoxy groups -OCH3 is 2. The molecule has 4 unspecified atom stereocenters. The van der Waals surface area contributed by atoms with Crippen LogP contribution in [-0.2, 0) is 33.4 Å². The fourth-order valence-electron chi connectivity index (χ4n) is 5.89. The zero-order chi connectivity index (χ0) is 37.2. The molecular weight excluding hydrogens is 759 g/mol. The summed E-state index contributed by atoms with van der Waals surface area (Å²) < 4.78 is 15.3. The van der Waals surface area contributed by atoms with Gasteiger partial charge in [0, 0.05) is 58.9 Å². The third-order valence-electron chi connectivity index (χ3n) is 7.73. The average Bonchev–Trinajstić information content (AvgIpc) is 3.01. The highest BCUT2D eigenvalue weighted by atomic mass is 35.5. The van der Waals surface area contributed by atoms with E-state index in [2.05, 4.69) is 25.3 Å². The Morgan fingerprint density at radius 1 is 0.784 bits per heavy atom. The zero-order valence-electron chi connectivity index (χ0n) is 29.1. The van der Waals surface area contributed by atoms with Crippen molar-refractivity contribution in [3.63, 3.8) is 0 Å². The Labute approximate surface area is 326 Å². The van der Waals surface area contributed by atoms with Crippen LogP contribution in [0.25, 0.3) is 0 Å². The minimum Gasteiger partial charge on any atom is -0.478 e. The third kappa shape index (κ3) is 13.7. The van der Waals surface area contributed by atoms with Gasteiger partial charge < -0.3 is 19.3 Å². The highest BCUT2D eigenvalue weighted by Gasteiger charge is 2.36. The molecule has 2 aliphatic rings. The summed E-state index contributed by atoms with van der Waals surface area (Å²) in [6.45, 7) is 7.36. The molecule has 2 heterocycles. The van der Waals surface area contributed by atoms with Crippen LogP contribution in [0.3, 0.4) is 0 Å². The van der Waals surface area contributed by atoms with E-state index in [1.807, 2.05) is 48.8 Å². The maximum atomic E-state index is 12.5. The lowest BCUT2D eigenvalue weighted by atomic mass is 9.98. The standard InChI is InChI=1S/C20H26ClNO4S.C16H18ClNO4S.ClH/c1-20(2,3)26-17(23)10-13-9-14(27)12-22(11-13)18(19(24)25-4)15-7-5-6-8-16(15)21;1-22-16(21)15(12-4-2-3-5-13(12)17)18-8-10(7-14(19)20)6-11(23)9-18;/h5-8,10,14,18,27H,9,11-12H2,1-4H3;2-5,7,11,15,23H,6,8-9H2,1H3,(H,19,20);1H. The summed E-state index contributed by atoms with van der Waals surface area (Å²) in [5.41, 5.74) is 2.32. The molecule has 1 N–H and O–H groups in total. The Bertz CT molecular complexity index is 1600. The molecule has 15 heteroatoms. The van der Waals surface area contributed by atoms with Crippen molar-refractivity contribution in [3.05, 3.63) is 93.0 Å². The van der Waals surface area contributed by atoms with Crippen LogP contribution in [-0.4, -0.2) is 95.3 Å². The average molecular weight is 804 g/mol. The van der Waals surface area contributed by atoms with Gasteiger partial charge in [0.1, 0.15) is 17.7 Å². The van der Waals surface area contributed by atoms with Gasteiger partial charge in [-0.15, -0.1) is 12.4 Å². The normalized spacial score (nSPS) is 21.0. The van der Waals surface area contributed by atoms with Gasteiger partial charge in [-0.25, -0.2) is 19.2 Å². The molecule has 4 rings (SSSR count). The van der Waals surface area contributed by atoms with Gasteiger partial charge in [0.25, 0.3) is 0 Å². The van der Waals surface area contributed by atoms with Crippen molar-refractivity contribution in [1.29, 1.82) is 0 Å². The van der Waals surface area contributed by atoms with Crippen molar-refractivity contribution in [2.75, 3.05) is 40.4 Å². The van der Waals surface area contributed by atoms with E-state index in [9.17, 15) is 19.2 Å². The molecule has 2 fully saturated rings. The first kappa shape index (κ1) is 44.5. The number of piperidine rings is 2. The van der Waals surface area contributed by atoms with E-state index in [4.69, 9.17) is 42.5 Å². The minimum absolute atomic E-state index is 0. The maximum Gasteiger partial charge on any atom is 0.331 e. The van der Waals surface area contributed by atoms with Gasteiger partial charge in [-0.3, -0.25) is 9.80 Å². The monoisotopic (exact) mass is 802 g/mol. The molecule has 2 aromatic carbocycles. The molecule has 0 spiro atoms. The fraction of sp³-hybridized carbons (Fsp3) is 0.444. The number of carboxylic acid groups (broad SMARTS) is 1.